The molecule has 0 fully saturated rings. The molecule has 0 unspecified atom stereocenters. The van der Waals surface area contributed by atoms with Crippen LogP contribution < -0.4 is 5.73 Å². The lowest BCUT2D eigenvalue weighted by molar-refractivity contribution is 0.756. The van der Waals surface area contributed by atoms with Gasteiger partial charge in [0.1, 0.15) is 10.7 Å². The van der Waals surface area contributed by atoms with Gasteiger partial charge in [0.2, 0.25) is 0 Å². The number of hydrogen-bond acceptors (Lipinski definition) is 4. The third kappa shape index (κ3) is 1.31. The standard InChI is InChI=1S/C8H10N4S/c1-5-6(3-12(2)11-5)7-8(9)13-4-10-7/h3-4H,9H2,1-2H3. The van der Waals surface area contributed by atoms with E-state index >= 15 is 0 Å². The third-order valence-corrected chi connectivity index (χ3v) is 2.52. The van der Waals surface area contributed by atoms with Gasteiger partial charge in [-0.15, -0.1) is 11.3 Å². The van der Waals surface area contributed by atoms with Crippen LogP contribution >= 0.6 is 11.3 Å². The van der Waals surface area contributed by atoms with Crippen molar-refractivity contribution in [3.05, 3.63) is 17.4 Å². The topological polar surface area (TPSA) is 56.7 Å². The van der Waals surface area contributed by atoms with Crippen molar-refractivity contribution in [3.63, 3.8) is 0 Å². The molecule has 0 aliphatic carbocycles. The summed E-state index contributed by atoms with van der Waals surface area (Å²) in [5.41, 5.74) is 10.3. The van der Waals surface area contributed by atoms with E-state index < -0.39 is 0 Å². The van der Waals surface area contributed by atoms with Gasteiger partial charge in [0, 0.05) is 18.8 Å². The van der Waals surface area contributed by atoms with Crippen molar-refractivity contribution in [2.75, 3.05) is 5.73 Å². The average Bonchev–Trinajstić information content (AvgIpc) is 2.58. The average molecular weight is 194 g/mol. The Bertz CT molecular complexity index is 429. The van der Waals surface area contributed by atoms with Crippen LogP contribution in [0.15, 0.2) is 11.7 Å². The second kappa shape index (κ2) is 2.85. The van der Waals surface area contributed by atoms with E-state index in [1.807, 2.05) is 20.2 Å². The van der Waals surface area contributed by atoms with E-state index in [0.717, 1.165) is 22.0 Å². The van der Waals surface area contributed by atoms with Gasteiger partial charge in [0.25, 0.3) is 0 Å². The van der Waals surface area contributed by atoms with E-state index in [9.17, 15) is 0 Å². The summed E-state index contributed by atoms with van der Waals surface area (Å²) in [5.74, 6) is 0. The Hall–Kier alpha value is -1.36. The maximum Gasteiger partial charge on any atom is 0.114 e. The fourth-order valence-electron chi connectivity index (χ4n) is 1.29. The van der Waals surface area contributed by atoms with Crippen molar-refractivity contribution in [1.29, 1.82) is 0 Å². The van der Waals surface area contributed by atoms with Crippen LogP contribution in [0.4, 0.5) is 5.00 Å². The summed E-state index contributed by atoms with van der Waals surface area (Å²) in [6.45, 7) is 1.95. The predicted octanol–water partition coefficient (Wildman–Crippen LogP) is 1.43. The number of nitrogens with zero attached hydrogens (tertiary/aromatic N) is 3. The monoisotopic (exact) mass is 194 g/mol. The maximum atomic E-state index is 5.77. The van der Waals surface area contributed by atoms with Crippen molar-refractivity contribution in [2.24, 2.45) is 7.05 Å². The zero-order chi connectivity index (χ0) is 9.42. The Labute approximate surface area is 80.0 Å². The van der Waals surface area contributed by atoms with Crippen LogP contribution in [0.1, 0.15) is 5.69 Å². The Balaban J connectivity index is 2.58. The molecule has 4 nitrogen and oxygen atoms in total. The van der Waals surface area contributed by atoms with Crippen molar-refractivity contribution in [2.45, 2.75) is 6.92 Å². The zero-order valence-electron chi connectivity index (χ0n) is 7.48. The predicted molar refractivity (Wildman–Crippen MR) is 53.5 cm³/mol. The number of nitrogen functional groups attached to an aromatic ring is 1. The second-order valence-corrected chi connectivity index (χ2v) is 3.75. The normalized spacial score (nSPS) is 10.6. The van der Waals surface area contributed by atoms with Gasteiger partial charge < -0.3 is 5.73 Å². The molecular weight excluding hydrogens is 184 g/mol. The number of thiazole rings is 1. The van der Waals surface area contributed by atoms with Crippen molar-refractivity contribution < 1.29 is 0 Å². The quantitative estimate of drug-likeness (QED) is 0.747. The molecule has 2 heterocycles. The first-order valence-electron chi connectivity index (χ1n) is 3.88. The minimum Gasteiger partial charge on any atom is -0.389 e. The Morgan fingerprint density at radius 3 is 2.77 bits per heavy atom. The summed E-state index contributed by atoms with van der Waals surface area (Å²) in [4.78, 5) is 4.20. The van der Waals surface area contributed by atoms with Crippen LogP contribution in [0.5, 0.6) is 0 Å². The van der Waals surface area contributed by atoms with E-state index in [1.165, 1.54) is 11.3 Å². The van der Waals surface area contributed by atoms with Crippen LogP contribution in [0.3, 0.4) is 0 Å². The molecule has 0 aromatic carbocycles. The van der Waals surface area contributed by atoms with Gasteiger partial charge in [0.05, 0.1) is 11.2 Å². The number of aryl methyl sites for hydroxylation is 2. The van der Waals surface area contributed by atoms with Gasteiger partial charge in [-0.25, -0.2) is 4.98 Å². The summed E-state index contributed by atoms with van der Waals surface area (Å²) in [6.07, 6.45) is 1.93. The molecule has 13 heavy (non-hydrogen) atoms. The number of hydrogen-bond donors (Lipinski definition) is 1. The largest absolute Gasteiger partial charge is 0.389 e. The molecule has 0 amide bonds. The third-order valence-electron chi connectivity index (χ3n) is 1.86. The smallest absolute Gasteiger partial charge is 0.114 e. The highest BCUT2D eigenvalue weighted by atomic mass is 32.1. The van der Waals surface area contributed by atoms with E-state index in [0.29, 0.717) is 0 Å². The Morgan fingerprint density at radius 2 is 2.31 bits per heavy atom. The fraction of sp³-hybridized carbons (Fsp3) is 0.250. The van der Waals surface area contributed by atoms with Crippen LogP contribution in [0.2, 0.25) is 0 Å². The zero-order valence-corrected chi connectivity index (χ0v) is 8.30. The molecule has 2 aromatic rings. The first kappa shape index (κ1) is 8.25. The maximum absolute atomic E-state index is 5.77. The molecule has 0 spiro atoms. The van der Waals surface area contributed by atoms with Gasteiger partial charge in [0.15, 0.2) is 0 Å². The van der Waals surface area contributed by atoms with Gasteiger partial charge in [-0.2, -0.15) is 5.10 Å². The highest BCUT2D eigenvalue weighted by Gasteiger charge is 2.11. The molecule has 0 aliphatic heterocycles. The van der Waals surface area contributed by atoms with Gasteiger partial charge in [-0.05, 0) is 6.92 Å². The summed E-state index contributed by atoms with van der Waals surface area (Å²) in [7, 11) is 1.89. The molecule has 0 radical (unpaired) electrons. The molecular formula is C8H10N4S. The van der Waals surface area contributed by atoms with Gasteiger partial charge >= 0.3 is 0 Å². The molecule has 0 bridgehead atoms. The van der Waals surface area contributed by atoms with E-state index in [4.69, 9.17) is 5.73 Å². The van der Waals surface area contributed by atoms with Gasteiger partial charge in [-0.1, -0.05) is 0 Å². The lowest BCUT2D eigenvalue weighted by atomic mass is 10.2. The minimum absolute atomic E-state index is 0.746. The molecule has 0 saturated heterocycles. The molecule has 5 heteroatoms. The van der Waals surface area contributed by atoms with Crippen LogP contribution in [0, 0.1) is 6.92 Å². The SMILES string of the molecule is Cc1nn(C)cc1-c1ncsc1N. The summed E-state index contributed by atoms with van der Waals surface area (Å²) < 4.78 is 1.77. The lowest BCUT2D eigenvalue weighted by Crippen LogP contribution is -1.86. The molecule has 0 saturated carbocycles. The molecule has 0 atom stereocenters. The number of nitrogens with two attached hydrogens (primary N) is 1. The summed E-state index contributed by atoms with van der Waals surface area (Å²) in [5, 5.41) is 4.98. The van der Waals surface area contributed by atoms with Crippen molar-refractivity contribution in [3.8, 4) is 11.3 Å². The van der Waals surface area contributed by atoms with Crippen LogP contribution in [0.25, 0.3) is 11.3 Å². The molecule has 2 N–H and O–H groups in total. The molecule has 0 aliphatic rings. The van der Waals surface area contributed by atoms with Gasteiger partial charge in [-0.3, -0.25) is 4.68 Å². The number of rotatable bonds is 1. The van der Waals surface area contributed by atoms with Crippen LogP contribution in [-0.4, -0.2) is 14.8 Å². The first-order valence-corrected chi connectivity index (χ1v) is 4.76. The van der Waals surface area contributed by atoms with Crippen molar-refractivity contribution >= 4 is 16.3 Å². The summed E-state index contributed by atoms with van der Waals surface area (Å²) >= 11 is 1.45. The highest BCUT2D eigenvalue weighted by molar-refractivity contribution is 7.14. The molecule has 2 rings (SSSR count). The highest BCUT2D eigenvalue weighted by Crippen LogP contribution is 2.28. The van der Waals surface area contributed by atoms with E-state index in [2.05, 4.69) is 10.1 Å². The van der Waals surface area contributed by atoms with E-state index in [-0.39, 0.29) is 0 Å². The van der Waals surface area contributed by atoms with Crippen molar-refractivity contribution in [1.82, 2.24) is 14.8 Å². The van der Waals surface area contributed by atoms with Crippen LogP contribution in [-0.2, 0) is 7.05 Å². The number of aromatic nitrogens is 3. The fourth-order valence-corrected chi connectivity index (χ4v) is 1.84. The minimum atomic E-state index is 0.746. The van der Waals surface area contributed by atoms with E-state index in [1.54, 1.807) is 10.2 Å². The summed E-state index contributed by atoms with van der Waals surface area (Å²) in [6, 6.07) is 0. The second-order valence-electron chi connectivity index (χ2n) is 2.87. The molecule has 2 aromatic heterocycles. The molecule has 68 valence electrons. The first-order chi connectivity index (χ1) is 6.18. The Morgan fingerprint density at radius 1 is 1.54 bits per heavy atom. The Kier molecular flexibility index (Phi) is 1.81. The number of anilines is 1. The lowest BCUT2D eigenvalue weighted by Gasteiger charge is -1.93.